The van der Waals surface area contributed by atoms with Crippen molar-refractivity contribution in [1.29, 1.82) is 0 Å². The molecule has 1 aromatic heterocycles. The molecule has 25 heavy (non-hydrogen) atoms. The second-order valence-corrected chi connectivity index (χ2v) is 6.16. The quantitative estimate of drug-likeness (QED) is 0.879. The van der Waals surface area contributed by atoms with Crippen molar-refractivity contribution in [1.82, 2.24) is 10.3 Å². The molecular weight excluding hydrogens is 316 g/mol. The van der Waals surface area contributed by atoms with Gasteiger partial charge >= 0.3 is 0 Å². The second kappa shape index (κ2) is 7.79. The molecule has 6 nitrogen and oxygen atoms in total. The normalized spacial score (nSPS) is 13.6. The monoisotopic (exact) mass is 338 g/mol. The summed E-state index contributed by atoms with van der Waals surface area (Å²) < 4.78 is 0. The zero-order valence-corrected chi connectivity index (χ0v) is 14.3. The third-order valence-electron chi connectivity index (χ3n) is 4.16. The van der Waals surface area contributed by atoms with Gasteiger partial charge in [-0.05, 0) is 48.7 Å². The van der Waals surface area contributed by atoms with Crippen LogP contribution in [0.25, 0.3) is 0 Å². The summed E-state index contributed by atoms with van der Waals surface area (Å²) in [6.07, 6.45) is 4.26. The van der Waals surface area contributed by atoms with Crippen molar-refractivity contribution < 1.29 is 9.59 Å². The Hall–Kier alpha value is -2.89. The van der Waals surface area contributed by atoms with Crippen molar-refractivity contribution in [3.8, 4) is 0 Å². The van der Waals surface area contributed by atoms with Gasteiger partial charge in [0, 0.05) is 44.0 Å². The Morgan fingerprint density at radius 1 is 1.08 bits per heavy atom. The first-order valence-electron chi connectivity index (χ1n) is 8.47. The molecule has 1 aliphatic heterocycles. The molecule has 6 heteroatoms. The fourth-order valence-corrected chi connectivity index (χ4v) is 2.85. The van der Waals surface area contributed by atoms with E-state index in [2.05, 4.69) is 20.5 Å². The third-order valence-corrected chi connectivity index (χ3v) is 4.16. The summed E-state index contributed by atoms with van der Waals surface area (Å²) >= 11 is 0. The molecule has 0 saturated carbocycles. The van der Waals surface area contributed by atoms with E-state index in [1.54, 1.807) is 24.3 Å². The fraction of sp³-hybridized carbons (Fsp3) is 0.316. The highest BCUT2D eigenvalue weighted by molar-refractivity contribution is 5.95. The molecule has 0 unspecified atom stereocenters. The van der Waals surface area contributed by atoms with Gasteiger partial charge in [-0.15, -0.1) is 0 Å². The molecule has 2 N–H and O–H groups in total. The van der Waals surface area contributed by atoms with Gasteiger partial charge in [0.2, 0.25) is 5.91 Å². The third kappa shape index (κ3) is 4.56. The minimum atomic E-state index is -0.155. The van der Waals surface area contributed by atoms with E-state index in [4.69, 9.17) is 0 Å². The molecule has 2 heterocycles. The maximum Gasteiger partial charge on any atom is 0.251 e. The van der Waals surface area contributed by atoms with Gasteiger partial charge in [0.05, 0.1) is 0 Å². The van der Waals surface area contributed by atoms with Crippen molar-refractivity contribution in [3.63, 3.8) is 0 Å². The predicted molar refractivity (Wildman–Crippen MR) is 97.6 cm³/mol. The summed E-state index contributed by atoms with van der Waals surface area (Å²) in [5, 5.41) is 5.56. The predicted octanol–water partition coefficient (Wildman–Crippen LogP) is 2.57. The topological polar surface area (TPSA) is 74.3 Å². The van der Waals surface area contributed by atoms with Crippen LogP contribution in [0.4, 0.5) is 11.5 Å². The number of carbonyl (C=O) groups excluding carboxylic acids is 2. The highest BCUT2D eigenvalue weighted by Gasteiger charge is 2.13. The number of hydrogen-bond donors (Lipinski definition) is 2. The summed E-state index contributed by atoms with van der Waals surface area (Å²) in [4.78, 5) is 30.0. The molecule has 0 spiro atoms. The largest absolute Gasteiger partial charge is 0.357 e. The summed E-state index contributed by atoms with van der Waals surface area (Å²) in [5.41, 5.74) is 2.19. The Kier molecular flexibility index (Phi) is 5.28. The number of anilines is 2. The first kappa shape index (κ1) is 17.0. The Labute approximate surface area is 147 Å². The lowest BCUT2D eigenvalue weighted by atomic mass is 10.2. The Morgan fingerprint density at radius 2 is 1.80 bits per heavy atom. The highest BCUT2D eigenvalue weighted by Crippen LogP contribution is 2.17. The Balaban J connectivity index is 1.53. The lowest BCUT2D eigenvalue weighted by Gasteiger charge is -2.16. The first-order valence-corrected chi connectivity index (χ1v) is 8.47. The van der Waals surface area contributed by atoms with E-state index in [9.17, 15) is 9.59 Å². The molecule has 2 amide bonds. The van der Waals surface area contributed by atoms with Crippen LogP contribution in [0.5, 0.6) is 0 Å². The number of pyridine rings is 1. The van der Waals surface area contributed by atoms with Gasteiger partial charge in [0.25, 0.3) is 5.91 Å². The zero-order chi connectivity index (χ0) is 17.6. The molecule has 1 saturated heterocycles. The smallest absolute Gasteiger partial charge is 0.251 e. The van der Waals surface area contributed by atoms with E-state index in [-0.39, 0.29) is 11.8 Å². The number of hydrogen-bond acceptors (Lipinski definition) is 4. The Bertz CT molecular complexity index is 735. The molecule has 1 aliphatic rings. The summed E-state index contributed by atoms with van der Waals surface area (Å²) in [6, 6.07) is 10.8. The van der Waals surface area contributed by atoms with E-state index in [1.165, 1.54) is 19.8 Å². The van der Waals surface area contributed by atoms with E-state index in [1.807, 2.05) is 18.3 Å². The molecule has 2 aromatic rings. The molecule has 0 radical (unpaired) electrons. The van der Waals surface area contributed by atoms with Crippen molar-refractivity contribution in [2.24, 2.45) is 0 Å². The van der Waals surface area contributed by atoms with Crippen LogP contribution in [-0.2, 0) is 11.3 Å². The van der Waals surface area contributed by atoms with Crippen LogP contribution in [-0.4, -0.2) is 29.9 Å². The standard InChI is InChI=1S/C19H22N4O2/c1-14(24)22-17-7-5-16(6-8-17)19(25)21-13-15-4-9-18(20-12-15)23-10-2-3-11-23/h4-9,12H,2-3,10-11,13H2,1H3,(H,21,25)(H,22,24). The van der Waals surface area contributed by atoms with E-state index >= 15 is 0 Å². The fourth-order valence-electron chi connectivity index (χ4n) is 2.85. The summed E-state index contributed by atoms with van der Waals surface area (Å²) in [7, 11) is 0. The van der Waals surface area contributed by atoms with Gasteiger partial charge in [0.15, 0.2) is 0 Å². The molecule has 1 fully saturated rings. The second-order valence-electron chi connectivity index (χ2n) is 6.16. The van der Waals surface area contributed by atoms with Crippen LogP contribution in [0.2, 0.25) is 0 Å². The van der Waals surface area contributed by atoms with Gasteiger partial charge in [-0.1, -0.05) is 6.07 Å². The molecule has 3 rings (SSSR count). The van der Waals surface area contributed by atoms with Crippen molar-refractivity contribution in [2.75, 3.05) is 23.3 Å². The van der Waals surface area contributed by atoms with E-state index in [0.717, 1.165) is 24.5 Å². The number of carbonyl (C=O) groups is 2. The number of aromatic nitrogens is 1. The van der Waals surface area contributed by atoms with Crippen molar-refractivity contribution in [3.05, 3.63) is 53.7 Å². The Morgan fingerprint density at radius 3 is 2.40 bits per heavy atom. The number of amides is 2. The number of rotatable bonds is 5. The SMILES string of the molecule is CC(=O)Nc1ccc(C(=O)NCc2ccc(N3CCCC3)nc2)cc1. The average Bonchev–Trinajstić information content (AvgIpc) is 3.15. The number of benzene rings is 1. The maximum absolute atomic E-state index is 12.2. The van der Waals surface area contributed by atoms with Crippen LogP contribution < -0.4 is 15.5 Å². The lowest BCUT2D eigenvalue weighted by Crippen LogP contribution is -2.23. The summed E-state index contributed by atoms with van der Waals surface area (Å²) in [6.45, 7) is 4.01. The summed E-state index contributed by atoms with van der Waals surface area (Å²) in [5.74, 6) is 0.709. The van der Waals surface area contributed by atoms with Gasteiger partial charge in [-0.25, -0.2) is 4.98 Å². The molecule has 1 aromatic carbocycles. The number of nitrogens with one attached hydrogen (secondary N) is 2. The maximum atomic E-state index is 12.2. The zero-order valence-electron chi connectivity index (χ0n) is 14.3. The van der Waals surface area contributed by atoms with Crippen LogP contribution in [0, 0.1) is 0 Å². The molecule has 0 aliphatic carbocycles. The van der Waals surface area contributed by atoms with Gasteiger partial charge in [-0.3, -0.25) is 9.59 Å². The number of nitrogens with zero attached hydrogens (tertiary/aromatic N) is 2. The molecular formula is C19H22N4O2. The minimum absolute atomic E-state index is 0.137. The van der Waals surface area contributed by atoms with Crippen LogP contribution in [0.3, 0.4) is 0 Å². The van der Waals surface area contributed by atoms with Crippen LogP contribution >= 0.6 is 0 Å². The molecule has 0 bridgehead atoms. The van der Waals surface area contributed by atoms with Gasteiger partial charge in [-0.2, -0.15) is 0 Å². The van der Waals surface area contributed by atoms with Gasteiger partial charge < -0.3 is 15.5 Å². The van der Waals surface area contributed by atoms with E-state index in [0.29, 0.717) is 17.8 Å². The van der Waals surface area contributed by atoms with Crippen molar-refractivity contribution >= 4 is 23.3 Å². The highest BCUT2D eigenvalue weighted by atomic mass is 16.2. The van der Waals surface area contributed by atoms with Gasteiger partial charge in [0.1, 0.15) is 5.82 Å². The van der Waals surface area contributed by atoms with Crippen molar-refractivity contribution in [2.45, 2.75) is 26.3 Å². The molecule has 130 valence electrons. The van der Waals surface area contributed by atoms with E-state index < -0.39 is 0 Å². The lowest BCUT2D eigenvalue weighted by molar-refractivity contribution is -0.114. The van der Waals surface area contributed by atoms with Crippen LogP contribution in [0.1, 0.15) is 35.7 Å². The first-order chi connectivity index (χ1) is 12.1. The molecule has 0 atom stereocenters. The van der Waals surface area contributed by atoms with Crippen LogP contribution in [0.15, 0.2) is 42.6 Å². The minimum Gasteiger partial charge on any atom is -0.357 e. The average molecular weight is 338 g/mol.